The molecule has 0 atom stereocenters. The SMILES string of the molecule is Cc1c(C)c(O)c2c(c1O)C(=O)c1cccc(Cl)c1C2=O. The molecule has 0 amide bonds. The lowest BCUT2D eigenvalue weighted by atomic mass is 9.81. The maximum Gasteiger partial charge on any atom is 0.199 e. The van der Waals surface area contributed by atoms with Crippen molar-refractivity contribution in [3.05, 3.63) is 56.6 Å². The monoisotopic (exact) mass is 302 g/mol. The van der Waals surface area contributed by atoms with E-state index >= 15 is 0 Å². The number of rotatable bonds is 0. The van der Waals surface area contributed by atoms with E-state index in [1.165, 1.54) is 12.1 Å². The summed E-state index contributed by atoms with van der Waals surface area (Å²) >= 11 is 6.01. The van der Waals surface area contributed by atoms with E-state index in [1.54, 1.807) is 19.9 Å². The molecule has 0 saturated heterocycles. The lowest BCUT2D eigenvalue weighted by molar-refractivity contribution is 0.0974. The average Bonchev–Trinajstić information content (AvgIpc) is 2.46. The quantitative estimate of drug-likeness (QED) is 0.626. The minimum absolute atomic E-state index is 0.0645. The zero-order valence-electron chi connectivity index (χ0n) is 11.3. The van der Waals surface area contributed by atoms with Gasteiger partial charge in [-0.25, -0.2) is 0 Å². The third-order valence-electron chi connectivity index (χ3n) is 3.94. The second kappa shape index (κ2) is 4.33. The van der Waals surface area contributed by atoms with Crippen molar-refractivity contribution in [3.63, 3.8) is 0 Å². The van der Waals surface area contributed by atoms with Crippen molar-refractivity contribution < 1.29 is 19.8 Å². The van der Waals surface area contributed by atoms with Crippen molar-refractivity contribution >= 4 is 23.2 Å². The summed E-state index contributed by atoms with van der Waals surface area (Å²) in [6, 6.07) is 4.56. The molecule has 0 unspecified atom stereocenters. The number of benzene rings is 2. The first-order valence-corrected chi connectivity index (χ1v) is 6.67. The lowest BCUT2D eigenvalue weighted by Gasteiger charge is -2.22. The topological polar surface area (TPSA) is 74.6 Å². The molecule has 106 valence electrons. The second-order valence-electron chi connectivity index (χ2n) is 5.02. The molecule has 0 bridgehead atoms. The summed E-state index contributed by atoms with van der Waals surface area (Å²) in [5.74, 6) is -1.63. The average molecular weight is 303 g/mol. The highest BCUT2D eigenvalue weighted by molar-refractivity contribution is 6.39. The van der Waals surface area contributed by atoms with Crippen molar-refractivity contribution in [2.24, 2.45) is 0 Å². The fourth-order valence-corrected chi connectivity index (χ4v) is 2.87. The summed E-state index contributed by atoms with van der Waals surface area (Å²) in [4.78, 5) is 25.2. The molecule has 1 aliphatic carbocycles. The largest absolute Gasteiger partial charge is 0.507 e. The Morgan fingerprint density at radius 3 is 1.95 bits per heavy atom. The molecule has 2 N–H and O–H groups in total. The first kappa shape index (κ1) is 13.6. The van der Waals surface area contributed by atoms with Crippen LogP contribution in [0.4, 0.5) is 0 Å². The third kappa shape index (κ3) is 1.63. The zero-order chi connectivity index (χ0) is 15.5. The molecule has 0 radical (unpaired) electrons. The number of fused-ring (bicyclic) bond motifs is 2. The smallest absolute Gasteiger partial charge is 0.199 e. The van der Waals surface area contributed by atoms with Crippen molar-refractivity contribution in [2.75, 3.05) is 0 Å². The number of carbonyl (C=O) groups is 2. The van der Waals surface area contributed by atoms with Crippen molar-refractivity contribution in [2.45, 2.75) is 13.8 Å². The minimum atomic E-state index is -0.555. The summed E-state index contributed by atoms with van der Waals surface area (Å²) in [6.07, 6.45) is 0. The third-order valence-corrected chi connectivity index (χ3v) is 4.25. The number of hydrogen-bond acceptors (Lipinski definition) is 4. The number of phenolic OH excluding ortho intramolecular Hbond substituents is 2. The Hall–Kier alpha value is -2.33. The molecule has 0 saturated carbocycles. The number of carbonyl (C=O) groups excluding carboxylic acids is 2. The summed E-state index contributed by atoms with van der Waals surface area (Å²) in [6.45, 7) is 3.15. The Kier molecular flexibility index (Phi) is 2.81. The Labute approximate surface area is 125 Å². The highest BCUT2D eigenvalue weighted by atomic mass is 35.5. The molecule has 3 rings (SSSR count). The molecular weight excluding hydrogens is 292 g/mol. The van der Waals surface area contributed by atoms with Gasteiger partial charge in [-0.1, -0.05) is 23.7 Å². The Balaban J connectivity index is 2.47. The Morgan fingerprint density at radius 2 is 1.38 bits per heavy atom. The van der Waals surface area contributed by atoms with Crippen molar-refractivity contribution in [1.82, 2.24) is 0 Å². The normalized spacial score (nSPS) is 13.1. The molecule has 21 heavy (non-hydrogen) atoms. The Bertz CT molecular complexity index is 837. The molecular formula is C16H11ClO4. The van der Waals surface area contributed by atoms with Gasteiger partial charge in [0.1, 0.15) is 11.5 Å². The maximum absolute atomic E-state index is 12.6. The molecule has 4 nitrogen and oxygen atoms in total. The van der Waals surface area contributed by atoms with Crippen LogP contribution in [0.5, 0.6) is 11.5 Å². The van der Waals surface area contributed by atoms with Crippen LogP contribution in [-0.4, -0.2) is 21.8 Å². The van der Waals surface area contributed by atoms with Crippen LogP contribution in [0, 0.1) is 13.8 Å². The van der Waals surface area contributed by atoms with Gasteiger partial charge < -0.3 is 10.2 Å². The molecule has 1 aliphatic rings. The van der Waals surface area contributed by atoms with Crippen LogP contribution >= 0.6 is 11.6 Å². The predicted octanol–water partition coefficient (Wildman–Crippen LogP) is 3.14. The summed E-state index contributed by atoms with van der Waals surface area (Å²) in [5, 5.41) is 20.6. The fourth-order valence-electron chi connectivity index (χ4n) is 2.61. The van der Waals surface area contributed by atoms with Gasteiger partial charge >= 0.3 is 0 Å². The van der Waals surface area contributed by atoms with Crippen molar-refractivity contribution in [3.8, 4) is 11.5 Å². The van der Waals surface area contributed by atoms with E-state index < -0.39 is 11.6 Å². The molecule has 0 aliphatic heterocycles. The van der Waals surface area contributed by atoms with Gasteiger partial charge in [-0.15, -0.1) is 0 Å². The molecule has 0 spiro atoms. The van der Waals surface area contributed by atoms with Gasteiger partial charge in [0.25, 0.3) is 0 Å². The van der Waals surface area contributed by atoms with Crippen molar-refractivity contribution in [1.29, 1.82) is 0 Å². The summed E-state index contributed by atoms with van der Waals surface area (Å²) < 4.78 is 0. The van der Waals surface area contributed by atoms with Crippen LogP contribution in [0.3, 0.4) is 0 Å². The van der Waals surface area contributed by atoms with Crippen LogP contribution in [0.2, 0.25) is 5.02 Å². The van der Waals surface area contributed by atoms with E-state index in [9.17, 15) is 19.8 Å². The van der Waals surface area contributed by atoms with E-state index in [0.29, 0.717) is 11.1 Å². The predicted molar refractivity (Wildman–Crippen MR) is 77.6 cm³/mol. The molecule has 0 fully saturated rings. The molecule has 0 heterocycles. The molecule has 2 aromatic rings. The van der Waals surface area contributed by atoms with E-state index in [2.05, 4.69) is 0 Å². The van der Waals surface area contributed by atoms with Crippen LogP contribution in [-0.2, 0) is 0 Å². The Morgan fingerprint density at radius 1 is 0.857 bits per heavy atom. The van der Waals surface area contributed by atoms with Gasteiger partial charge in [0, 0.05) is 5.56 Å². The number of halogens is 1. The number of hydrogen-bond donors (Lipinski definition) is 2. The molecule has 5 heteroatoms. The summed E-state index contributed by atoms with van der Waals surface area (Å²) in [5.41, 5.74) is 0.602. The fraction of sp³-hybridized carbons (Fsp3) is 0.125. The standard InChI is InChI=1S/C16H11ClO4/c1-6-7(2)14(19)12-11(13(6)18)15(20)8-4-3-5-9(17)10(8)16(12)21/h3-5,18-19H,1-2H3. The maximum atomic E-state index is 12.6. The number of ketones is 2. The molecule has 2 aromatic carbocycles. The van der Waals surface area contributed by atoms with Gasteiger partial charge in [0.15, 0.2) is 11.6 Å². The van der Waals surface area contributed by atoms with Crippen LogP contribution < -0.4 is 0 Å². The first-order valence-electron chi connectivity index (χ1n) is 6.29. The lowest BCUT2D eigenvalue weighted by Crippen LogP contribution is -2.22. The number of phenols is 2. The first-order chi connectivity index (χ1) is 9.86. The number of aromatic hydroxyl groups is 2. The van der Waals surface area contributed by atoms with Gasteiger partial charge in [0.2, 0.25) is 0 Å². The van der Waals surface area contributed by atoms with Gasteiger partial charge in [-0.05, 0) is 31.0 Å². The highest BCUT2D eigenvalue weighted by Crippen LogP contribution is 2.43. The van der Waals surface area contributed by atoms with Gasteiger partial charge in [0.05, 0.1) is 21.7 Å². The minimum Gasteiger partial charge on any atom is -0.507 e. The van der Waals surface area contributed by atoms with Crippen LogP contribution in [0.15, 0.2) is 18.2 Å². The summed E-state index contributed by atoms with van der Waals surface area (Å²) in [7, 11) is 0. The second-order valence-corrected chi connectivity index (χ2v) is 5.43. The van der Waals surface area contributed by atoms with Gasteiger partial charge in [-0.2, -0.15) is 0 Å². The highest BCUT2D eigenvalue weighted by Gasteiger charge is 2.37. The molecule has 0 aromatic heterocycles. The van der Waals surface area contributed by atoms with E-state index in [0.717, 1.165) is 0 Å². The zero-order valence-corrected chi connectivity index (χ0v) is 12.1. The van der Waals surface area contributed by atoms with E-state index in [-0.39, 0.29) is 38.8 Å². The van der Waals surface area contributed by atoms with E-state index in [4.69, 9.17) is 11.6 Å². The van der Waals surface area contributed by atoms with Crippen LogP contribution in [0.1, 0.15) is 43.0 Å². The van der Waals surface area contributed by atoms with Crippen LogP contribution in [0.25, 0.3) is 0 Å². The van der Waals surface area contributed by atoms with Gasteiger partial charge in [-0.3, -0.25) is 9.59 Å². The van der Waals surface area contributed by atoms with E-state index in [1.807, 2.05) is 0 Å².